The number of benzene rings is 1. The molecule has 1 rings (SSSR count). The lowest BCUT2D eigenvalue weighted by atomic mass is 10.3. The van der Waals surface area contributed by atoms with E-state index in [-0.39, 0.29) is 6.10 Å². The molecule has 3 nitrogen and oxygen atoms in total. The van der Waals surface area contributed by atoms with Gasteiger partial charge in [-0.3, -0.25) is 0 Å². The standard InChI is InChI=1S/C15H25ClN2O/c1-4-8-17-10-12(2)18-11-13(3)19-15-7-5-6-14(16)9-15/h5-7,9,12-13,17-18H,4,8,10-11H2,1-3H3. The minimum absolute atomic E-state index is 0.118. The maximum atomic E-state index is 5.92. The Labute approximate surface area is 121 Å². The summed E-state index contributed by atoms with van der Waals surface area (Å²) in [5, 5.41) is 7.55. The highest BCUT2D eigenvalue weighted by atomic mass is 35.5. The first-order chi connectivity index (χ1) is 9.11. The first-order valence-electron chi connectivity index (χ1n) is 6.98. The Morgan fingerprint density at radius 2 is 2.05 bits per heavy atom. The summed E-state index contributed by atoms with van der Waals surface area (Å²) >= 11 is 5.92. The summed E-state index contributed by atoms with van der Waals surface area (Å²) in [6.07, 6.45) is 1.29. The van der Waals surface area contributed by atoms with E-state index in [1.165, 1.54) is 6.42 Å². The van der Waals surface area contributed by atoms with E-state index in [1.54, 1.807) is 0 Å². The van der Waals surface area contributed by atoms with Crippen molar-refractivity contribution in [2.75, 3.05) is 19.6 Å². The number of rotatable bonds is 9. The molecule has 0 aliphatic carbocycles. The molecule has 0 spiro atoms. The van der Waals surface area contributed by atoms with Crippen molar-refractivity contribution in [2.45, 2.75) is 39.3 Å². The van der Waals surface area contributed by atoms with Gasteiger partial charge in [0.05, 0.1) is 0 Å². The zero-order chi connectivity index (χ0) is 14.1. The summed E-state index contributed by atoms with van der Waals surface area (Å²) in [6, 6.07) is 7.95. The quantitative estimate of drug-likeness (QED) is 0.684. The van der Waals surface area contributed by atoms with Crippen molar-refractivity contribution in [2.24, 2.45) is 0 Å². The highest BCUT2D eigenvalue weighted by Crippen LogP contribution is 2.18. The number of nitrogens with one attached hydrogen (secondary N) is 2. The molecule has 2 atom stereocenters. The smallest absolute Gasteiger partial charge is 0.121 e. The molecule has 2 unspecified atom stereocenters. The number of ether oxygens (including phenoxy) is 1. The third kappa shape index (κ3) is 7.41. The molecule has 0 bridgehead atoms. The third-order valence-electron chi connectivity index (χ3n) is 2.76. The fourth-order valence-corrected chi connectivity index (χ4v) is 1.93. The molecular weight excluding hydrogens is 260 g/mol. The normalized spacial score (nSPS) is 14.1. The second-order valence-corrected chi connectivity index (χ2v) is 5.34. The van der Waals surface area contributed by atoms with E-state index < -0.39 is 0 Å². The van der Waals surface area contributed by atoms with Gasteiger partial charge in [0.25, 0.3) is 0 Å². The highest BCUT2D eigenvalue weighted by Gasteiger charge is 2.07. The molecule has 0 aliphatic heterocycles. The van der Waals surface area contributed by atoms with Crippen LogP contribution in [-0.2, 0) is 0 Å². The van der Waals surface area contributed by atoms with Gasteiger partial charge >= 0.3 is 0 Å². The van der Waals surface area contributed by atoms with Gasteiger partial charge in [-0.25, -0.2) is 0 Å². The topological polar surface area (TPSA) is 33.3 Å². The van der Waals surface area contributed by atoms with E-state index in [0.29, 0.717) is 11.1 Å². The number of halogens is 1. The molecule has 0 aromatic heterocycles. The van der Waals surface area contributed by atoms with Gasteiger partial charge in [0.15, 0.2) is 0 Å². The highest BCUT2D eigenvalue weighted by molar-refractivity contribution is 6.30. The molecule has 4 heteroatoms. The number of hydrogen-bond donors (Lipinski definition) is 2. The maximum Gasteiger partial charge on any atom is 0.121 e. The molecule has 0 fully saturated rings. The monoisotopic (exact) mass is 284 g/mol. The summed E-state index contributed by atoms with van der Waals surface area (Å²) < 4.78 is 5.80. The van der Waals surface area contributed by atoms with Crippen LogP contribution in [0.4, 0.5) is 0 Å². The van der Waals surface area contributed by atoms with Crippen molar-refractivity contribution in [1.29, 1.82) is 0 Å². The Kier molecular flexibility index (Phi) is 7.87. The van der Waals surface area contributed by atoms with Crippen LogP contribution in [0.2, 0.25) is 5.02 Å². The Morgan fingerprint density at radius 3 is 2.74 bits per heavy atom. The van der Waals surface area contributed by atoms with Crippen molar-refractivity contribution in [3.8, 4) is 5.75 Å². The van der Waals surface area contributed by atoms with E-state index in [4.69, 9.17) is 16.3 Å². The Balaban J connectivity index is 2.22. The molecule has 0 radical (unpaired) electrons. The van der Waals surface area contributed by atoms with Crippen LogP contribution < -0.4 is 15.4 Å². The fourth-order valence-electron chi connectivity index (χ4n) is 1.75. The van der Waals surface area contributed by atoms with Crippen LogP contribution in [0.5, 0.6) is 5.75 Å². The van der Waals surface area contributed by atoms with Crippen molar-refractivity contribution in [1.82, 2.24) is 10.6 Å². The van der Waals surface area contributed by atoms with Gasteiger partial charge < -0.3 is 15.4 Å². The lowest BCUT2D eigenvalue weighted by molar-refractivity contribution is 0.212. The molecule has 1 aromatic carbocycles. The van der Waals surface area contributed by atoms with Crippen LogP contribution >= 0.6 is 11.6 Å². The van der Waals surface area contributed by atoms with Crippen molar-refractivity contribution in [3.63, 3.8) is 0 Å². The predicted molar refractivity (Wildman–Crippen MR) is 82.2 cm³/mol. The van der Waals surface area contributed by atoms with Crippen LogP contribution in [0, 0.1) is 0 Å². The largest absolute Gasteiger partial charge is 0.489 e. The SMILES string of the molecule is CCCNCC(C)NCC(C)Oc1cccc(Cl)c1. The van der Waals surface area contributed by atoms with Crippen LogP contribution in [0.3, 0.4) is 0 Å². The molecular formula is C15H25ClN2O. The summed E-state index contributed by atoms with van der Waals surface area (Å²) in [6.45, 7) is 9.28. The minimum Gasteiger partial charge on any atom is -0.489 e. The van der Waals surface area contributed by atoms with Crippen molar-refractivity contribution >= 4 is 11.6 Å². The molecule has 2 N–H and O–H groups in total. The van der Waals surface area contributed by atoms with Crippen LogP contribution in [0.25, 0.3) is 0 Å². The second kappa shape index (κ2) is 9.18. The Bertz CT molecular complexity index is 360. The Morgan fingerprint density at radius 1 is 1.26 bits per heavy atom. The second-order valence-electron chi connectivity index (χ2n) is 4.90. The van der Waals surface area contributed by atoms with Crippen LogP contribution in [0.15, 0.2) is 24.3 Å². The zero-order valence-electron chi connectivity index (χ0n) is 12.1. The molecule has 1 aromatic rings. The lowest BCUT2D eigenvalue weighted by Crippen LogP contribution is -2.41. The first-order valence-corrected chi connectivity index (χ1v) is 7.36. The third-order valence-corrected chi connectivity index (χ3v) is 3.00. The molecule has 0 saturated heterocycles. The van der Waals surface area contributed by atoms with Gasteiger partial charge in [0.1, 0.15) is 11.9 Å². The van der Waals surface area contributed by atoms with Gasteiger partial charge in [-0.2, -0.15) is 0 Å². The zero-order valence-corrected chi connectivity index (χ0v) is 12.8. The summed E-state index contributed by atoms with van der Waals surface area (Å²) in [5.74, 6) is 0.818. The van der Waals surface area contributed by atoms with E-state index in [9.17, 15) is 0 Å². The van der Waals surface area contributed by atoms with E-state index in [2.05, 4.69) is 31.4 Å². The molecule has 0 saturated carbocycles. The summed E-state index contributed by atoms with van der Waals surface area (Å²) in [7, 11) is 0. The predicted octanol–water partition coefficient (Wildman–Crippen LogP) is 3.09. The van der Waals surface area contributed by atoms with Gasteiger partial charge in [-0.1, -0.05) is 24.6 Å². The lowest BCUT2D eigenvalue weighted by Gasteiger charge is -2.19. The minimum atomic E-state index is 0.118. The van der Waals surface area contributed by atoms with Gasteiger partial charge in [-0.15, -0.1) is 0 Å². The van der Waals surface area contributed by atoms with E-state index >= 15 is 0 Å². The van der Waals surface area contributed by atoms with Crippen molar-refractivity contribution < 1.29 is 4.74 Å². The molecule has 0 heterocycles. The maximum absolute atomic E-state index is 5.92. The average molecular weight is 285 g/mol. The van der Waals surface area contributed by atoms with Gasteiger partial charge in [0, 0.05) is 24.2 Å². The molecule has 108 valence electrons. The number of hydrogen-bond acceptors (Lipinski definition) is 3. The van der Waals surface area contributed by atoms with Gasteiger partial charge in [0.2, 0.25) is 0 Å². The Hall–Kier alpha value is -0.770. The average Bonchev–Trinajstić information content (AvgIpc) is 2.37. The molecule has 0 aliphatic rings. The van der Waals surface area contributed by atoms with E-state index in [1.807, 2.05) is 24.3 Å². The molecule has 19 heavy (non-hydrogen) atoms. The summed E-state index contributed by atoms with van der Waals surface area (Å²) in [4.78, 5) is 0. The van der Waals surface area contributed by atoms with Crippen LogP contribution in [0.1, 0.15) is 27.2 Å². The first kappa shape index (κ1) is 16.3. The molecule has 0 amide bonds. The fraction of sp³-hybridized carbons (Fsp3) is 0.600. The van der Waals surface area contributed by atoms with Crippen molar-refractivity contribution in [3.05, 3.63) is 29.3 Å². The van der Waals surface area contributed by atoms with E-state index in [0.717, 1.165) is 25.4 Å². The van der Waals surface area contributed by atoms with Gasteiger partial charge in [-0.05, 0) is 45.0 Å². The van der Waals surface area contributed by atoms with Crippen LogP contribution in [-0.4, -0.2) is 31.8 Å². The summed E-state index contributed by atoms with van der Waals surface area (Å²) in [5.41, 5.74) is 0.